The van der Waals surface area contributed by atoms with Crippen molar-refractivity contribution in [2.24, 2.45) is 0 Å². The molecule has 0 aliphatic carbocycles. The molecule has 1 atom stereocenters. The summed E-state index contributed by atoms with van der Waals surface area (Å²) in [5.41, 5.74) is 0.591. The number of likely N-dealkylation sites (N-methyl/N-ethyl adjacent to an activating group) is 1. The van der Waals surface area contributed by atoms with Gasteiger partial charge in [0.25, 0.3) is 5.91 Å². The summed E-state index contributed by atoms with van der Waals surface area (Å²) in [5, 5.41) is 4.82. The average molecular weight is 413 g/mol. The van der Waals surface area contributed by atoms with Crippen LogP contribution in [0.4, 0.5) is 5.13 Å². The first-order valence-corrected chi connectivity index (χ1v) is 9.88. The summed E-state index contributed by atoms with van der Waals surface area (Å²) >= 11 is 1.26. The van der Waals surface area contributed by atoms with E-state index in [0.29, 0.717) is 35.5 Å². The minimum Gasteiger partial charge on any atom is -0.486 e. The van der Waals surface area contributed by atoms with Gasteiger partial charge in [-0.25, -0.2) is 4.98 Å². The van der Waals surface area contributed by atoms with E-state index in [1.807, 2.05) is 24.3 Å². The molecule has 0 saturated heterocycles. The van der Waals surface area contributed by atoms with Crippen LogP contribution in [0, 0.1) is 0 Å². The molecule has 1 N–H and O–H groups in total. The van der Waals surface area contributed by atoms with Crippen LogP contribution >= 0.6 is 11.3 Å². The summed E-state index contributed by atoms with van der Waals surface area (Å²) in [6.07, 6.45) is 1.32. The number of anilines is 1. The molecule has 0 saturated carbocycles. The number of hydrogen-bond donors (Lipinski definition) is 1. The number of rotatable bonds is 6. The van der Waals surface area contributed by atoms with E-state index in [-0.39, 0.29) is 30.1 Å². The van der Waals surface area contributed by atoms with Gasteiger partial charge in [-0.05, 0) is 24.3 Å². The lowest BCUT2D eigenvalue weighted by molar-refractivity contribution is -0.130. The topological polar surface area (TPSA) is 93.9 Å². The first-order chi connectivity index (χ1) is 14.1. The van der Waals surface area contributed by atoms with E-state index in [4.69, 9.17) is 13.9 Å². The molecule has 29 heavy (non-hydrogen) atoms. The Bertz CT molecular complexity index is 1000. The SMILES string of the molecule is CN(C[C@H]1COc2ccccc2O1)C(=O)Cc1csc(NC(=O)c2ccco2)n1. The number of ether oxygens (including phenoxy) is 2. The Labute approximate surface area is 171 Å². The van der Waals surface area contributed by atoms with Gasteiger partial charge < -0.3 is 18.8 Å². The van der Waals surface area contributed by atoms with Gasteiger partial charge in [0.1, 0.15) is 6.61 Å². The molecule has 1 aromatic carbocycles. The number of nitrogens with zero attached hydrogens (tertiary/aromatic N) is 2. The predicted octanol–water partition coefficient (Wildman–Crippen LogP) is 2.83. The molecule has 0 fully saturated rings. The lowest BCUT2D eigenvalue weighted by atomic mass is 10.2. The average Bonchev–Trinajstić information content (AvgIpc) is 3.40. The zero-order chi connectivity index (χ0) is 20.2. The molecule has 9 heteroatoms. The van der Waals surface area contributed by atoms with Gasteiger partial charge in [-0.1, -0.05) is 12.1 Å². The highest BCUT2D eigenvalue weighted by molar-refractivity contribution is 7.14. The van der Waals surface area contributed by atoms with Crippen LogP contribution in [0.1, 0.15) is 16.2 Å². The molecule has 1 aliphatic heterocycles. The maximum absolute atomic E-state index is 12.5. The fourth-order valence-electron chi connectivity index (χ4n) is 2.86. The summed E-state index contributed by atoms with van der Waals surface area (Å²) in [6, 6.07) is 10.7. The normalized spacial score (nSPS) is 15.0. The van der Waals surface area contributed by atoms with E-state index >= 15 is 0 Å². The Morgan fingerprint density at radius 3 is 2.86 bits per heavy atom. The number of fused-ring (bicyclic) bond motifs is 1. The summed E-state index contributed by atoms with van der Waals surface area (Å²) < 4.78 is 16.6. The Morgan fingerprint density at radius 1 is 1.24 bits per heavy atom. The standard InChI is InChI=1S/C20H19N3O5S/c1-23(10-14-11-27-15-5-2-3-6-16(15)28-14)18(24)9-13-12-29-20(21-13)22-19(25)17-7-4-8-26-17/h2-8,12,14H,9-11H2,1H3,(H,21,22,25)/t14-/m0/s1. The Hall–Kier alpha value is -3.33. The van der Waals surface area contributed by atoms with Crippen LogP contribution in [0.3, 0.4) is 0 Å². The summed E-state index contributed by atoms with van der Waals surface area (Å²) in [6.45, 7) is 0.785. The van der Waals surface area contributed by atoms with Crippen molar-refractivity contribution in [2.45, 2.75) is 12.5 Å². The predicted molar refractivity (Wildman–Crippen MR) is 106 cm³/mol. The van der Waals surface area contributed by atoms with Crippen molar-refractivity contribution in [2.75, 3.05) is 25.5 Å². The Kier molecular flexibility index (Phi) is 5.48. The second-order valence-corrected chi connectivity index (χ2v) is 7.38. The second-order valence-electron chi connectivity index (χ2n) is 6.52. The van der Waals surface area contributed by atoms with Crippen molar-refractivity contribution in [1.29, 1.82) is 0 Å². The number of aromatic nitrogens is 1. The third kappa shape index (κ3) is 4.57. The number of nitrogens with one attached hydrogen (secondary N) is 1. The number of hydrogen-bond acceptors (Lipinski definition) is 7. The van der Waals surface area contributed by atoms with Crippen molar-refractivity contribution < 1.29 is 23.5 Å². The molecule has 4 rings (SSSR count). The third-order valence-electron chi connectivity index (χ3n) is 4.32. The Morgan fingerprint density at radius 2 is 2.07 bits per heavy atom. The second kappa shape index (κ2) is 8.36. The zero-order valence-corrected chi connectivity index (χ0v) is 16.5. The molecule has 0 bridgehead atoms. The molecule has 3 aromatic rings. The van der Waals surface area contributed by atoms with E-state index in [9.17, 15) is 9.59 Å². The van der Waals surface area contributed by atoms with E-state index < -0.39 is 0 Å². The van der Waals surface area contributed by atoms with Crippen molar-refractivity contribution in [3.8, 4) is 11.5 Å². The van der Waals surface area contributed by atoms with E-state index in [2.05, 4.69) is 10.3 Å². The number of carbonyl (C=O) groups excluding carboxylic acids is 2. The number of para-hydroxylation sites is 2. The molecular weight excluding hydrogens is 394 g/mol. The largest absolute Gasteiger partial charge is 0.486 e. The van der Waals surface area contributed by atoms with Gasteiger partial charge in [0.15, 0.2) is 28.5 Å². The highest BCUT2D eigenvalue weighted by atomic mass is 32.1. The Balaban J connectivity index is 1.29. The maximum Gasteiger partial charge on any atom is 0.293 e. The van der Waals surface area contributed by atoms with Gasteiger partial charge in [-0.15, -0.1) is 11.3 Å². The number of benzene rings is 1. The number of thiazole rings is 1. The molecule has 0 radical (unpaired) electrons. The minimum absolute atomic E-state index is 0.0957. The molecular formula is C20H19N3O5S. The molecule has 0 spiro atoms. The molecule has 1 aliphatic rings. The fourth-order valence-corrected chi connectivity index (χ4v) is 3.57. The smallest absolute Gasteiger partial charge is 0.293 e. The number of carbonyl (C=O) groups is 2. The van der Waals surface area contributed by atoms with Crippen molar-refractivity contribution in [1.82, 2.24) is 9.88 Å². The lowest BCUT2D eigenvalue weighted by Crippen LogP contribution is -2.42. The summed E-state index contributed by atoms with van der Waals surface area (Å²) in [4.78, 5) is 30.4. The molecule has 0 unspecified atom stereocenters. The van der Waals surface area contributed by atoms with Gasteiger partial charge in [0, 0.05) is 12.4 Å². The van der Waals surface area contributed by atoms with Crippen LogP contribution in [-0.2, 0) is 11.2 Å². The van der Waals surface area contributed by atoms with Crippen molar-refractivity contribution >= 4 is 28.3 Å². The van der Waals surface area contributed by atoms with Crippen molar-refractivity contribution in [3.05, 3.63) is 59.5 Å². The van der Waals surface area contributed by atoms with Crippen LogP contribution in [0.15, 0.2) is 52.5 Å². The van der Waals surface area contributed by atoms with Gasteiger partial charge in [0.2, 0.25) is 5.91 Å². The van der Waals surface area contributed by atoms with Crippen LogP contribution in [-0.4, -0.2) is 48.0 Å². The van der Waals surface area contributed by atoms with Gasteiger partial charge in [-0.3, -0.25) is 14.9 Å². The minimum atomic E-state index is -0.380. The zero-order valence-electron chi connectivity index (χ0n) is 15.7. The molecule has 8 nitrogen and oxygen atoms in total. The molecule has 2 aromatic heterocycles. The van der Waals surface area contributed by atoms with Gasteiger partial charge >= 0.3 is 0 Å². The monoisotopic (exact) mass is 413 g/mol. The van der Waals surface area contributed by atoms with E-state index in [1.165, 1.54) is 17.6 Å². The van der Waals surface area contributed by atoms with Crippen LogP contribution < -0.4 is 14.8 Å². The first-order valence-electron chi connectivity index (χ1n) is 9.00. The van der Waals surface area contributed by atoms with Crippen LogP contribution in [0.5, 0.6) is 11.5 Å². The first kappa shape index (κ1) is 19.0. The van der Waals surface area contributed by atoms with Crippen LogP contribution in [0.25, 0.3) is 0 Å². The summed E-state index contributed by atoms with van der Waals surface area (Å²) in [5.74, 6) is 1.12. The third-order valence-corrected chi connectivity index (χ3v) is 5.13. The van der Waals surface area contributed by atoms with E-state index in [0.717, 1.165) is 0 Å². The highest BCUT2D eigenvalue weighted by Crippen LogP contribution is 2.31. The van der Waals surface area contributed by atoms with Crippen molar-refractivity contribution in [3.63, 3.8) is 0 Å². The molecule has 2 amide bonds. The molecule has 150 valence electrons. The quantitative estimate of drug-likeness (QED) is 0.668. The lowest BCUT2D eigenvalue weighted by Gasteiger charge is -2.29. The highest BCUT2D eigenvalue weighted by Gasteiger charge is 2.24. The fraction of sp³-hybridized carbons (Fsp3) is 0.250. The van der Waals surface area contributed by atoms with Gasteiger partial charge in [0.05, 0.1) is 24.9 Å². The van der Waals surface area contributed by atoms with Gasteiger partial charge in [-0.2, -0.15) is 0 Å². The van der Waals surface area contributed by atoms with Crippen LogP contribution in [0.2, 0.25) is 0 Å². The number of amides is 2. The maximum atomic E-state index is 12.5. The number of furan rings is 1. The molecule has 3 heterocycles. The summed E-state index contributed by atoms with van der Waals surface area (Å²) in [7, 11) is 1.72. The van der Waals surface area contributed by atoms with E-state index in [1.54, 1.807) is 29.5 Å².